The van der Waals surface area contributed by atoms with Crippen LogP contribution in [0, 0.1) is 0 Å². The number of hydrogen-bond donors (Lipinski definition) is 1. The molecule has 0 aromatic heterocycles. The van der Waals surface area contributed by atoms with E-state index in [1.54, 1.807) is 4.90 Å². The predicted octanol–water partition coefficient (Wildman–Crippen LogP) is 5.00. The number of carbonyl (C=O) groups excluding carboxylic acids is 1. The van der Waals surface area contributed by atoms with E-state index in [0.29, 0.717) is 18.6 Å². The van der Waals surface area contributed by atoms with E-state index in [0.717, 1.165) is 24.2 Å². The lowest BCUT2D eigenvalue weighted by atomic mass is 9.88. The molecule has 1 heterocycles. The Morgan fingerprint density at radius 3 is 1.65 bits per heavy atom. The number of aryl methyl sites for hydroxylation is 2. The van der Waals surface area contributed by atoms with Gasteiger partial charge in [0.25, 0.3) is 5.91 Å². The lowest BCUT2D eigenvalue weighted by Gasteiger charge is -2.39. The molecule has 2 fully saturated rings. The summed E-state index contributed by atoms with van der Waals surface area (Å²) in [7, 11) is 0. The van der Waals surface area contributed by atoms with Gasteiger partial charge in [-0.25, -0.2) is 0 Å². The summed E-state index contributed by atoms with van der Waals surface area (Å²) in [4.78, 5) is 17.8. The SMILES string of the molecule is O=C(C[NH+](C1CCCCC1)C1CCCCC1)N1c2ccccc2CCc2ccccc21. The molecule has 2 aromatic carbocycles. The lowest BCUT2D eigenvalue weighted by molar-refractivity contribution is -0.945. The van der Waals surface area contributed by atoms with Gasteiger partial charge in [0.15, 0.2) is 6.54 Å². The third-order valence-electron chi connectivity index (χ3n) is 7.99. The average molecular weight is 418 g/mol. The number of quaternary nitrogens is 1. The van der Waals surface area contributed by atoms with Crippen LogP contribution < -0.4 is 9.80 Å². The van der Waals surface area contributed by atoms with Crippen molar-refractivity contribution in [2.24, 2.45) is 0 Å². The Kier molecular flexibility index (Phi) is 6.40. The summed E-state index contributed by atoms with van der Waals surface area (Å²) < 4.78 is 0. The molecule has 0 saturated heterocycles. The highest BCUT2D eigenvalue weighted by molar-refractivity contribution is 6.02. The van der Waals surface area contributed by atoms with E-state index in [1.165, 1.54) is 75.3 Å². The zero-order valence-corrected chi connectivity index (χ0v) is 18.8. The van der Waals surface area contributed by atoms with Gasteiger partial charge in [-0.2, -0.15) is 0 Å². The predicted molar refractivity (Wildman–Crippen MR) is 127 cm³/mol. The van der Waals surface area contributed by atoms with Gasteiger partial charge in [-0.1, -0.05) is 49.2 Å². The summed E-state index contributed by atoms with van der Waals surface area (Å²) >= 11 is 0. The van der Waals surface area contributed by atoms with Gasteiger partial charge in [-0.05, 0) is 87.5 Å². The summed E-state index contributed by atoms with van der Waals surface area (Å²) in [6, 6.07) is 18.4. The average Bonchev–Trinajstić information content (AvgIpc) is 3.00. The normalized spacial score (nSPS) is 20.2. The quantitative estimate of drug-likeness (QED) is 0.744. The molecule has 0 bridgehead atoms. The van der Waals surface area contributed by atoms with Crippen LogP contribution in [0.1, 0.15) is 75.3 Å². The van der Waals surface area contributed by atoms with Gasteiger partial charge >= 0.3 is 0 Å². The van der Waals surface area contributed by atoms with E-state index in [2.05, 4.69) is 53.4 Å². The molecule has 0 spiro atoms. The third-order valence-corrected chi connectivity index (χ3v) is 7.99. The fraction of sp³-hybridized carbons (Fsp3) is 0.536. The first kappa shape index (κ1) is 20.8. The molecule has 2 saturated carbocycles. The first-order chi connectivity index (χ1) is 15.3. The van der Waals surface area contributed by atoms with Crippen LogP contribution in [0.5, 0.6) is 0 Å². The fourth-order valence-electron chi connectivity index (χ4n) is 6.37. The number of benzene rings is 2. The van der Waals surface area contributed by atoms with Crippen molar-refractivity contribution in [2.75, 3.05) is 11.4 Å². The van der Waals surface area contributed by atoms with Crippen molar-refractivity contribution in [1.29, 1.82) is 0 Å². The summed E-state index contributed by atoms with van der Waals surface area (Å²) in [6.45, 7) is 0.637. The molecule has 2 aromatic rings. The molecule has 1 aliphatic heterocycles. The Labute approximate surface area is 187 Å². The molecular weight excluding hydrogens is 380 g/mol. The van der Waals surface area contributed by atoms with Crippen molar-refractivity contribution in [3.63, 3.8) is 0 Å². The van der Waals surface area contributed by atoms with Gasteiger partial charge in [0.1, 0.15) is 0 Å². The van der Waals surface area contributed by atoms with Gasteiger partial charge in [0.05, 0.1) is 23.5 Å². The molecule has 1 N–H and O–H groups in total. The molecular formula is C28H37N2O+. The molecule has 3 aliphatic rings. The maximum Gasteiger partial charge on any atom is 0.286 e. The molecule has 5 rings (SSSR count). The molecule has 0 atom stereocenters. The smallest absolute Gasteiger partial charge is 0.286 e. The minimum atomic E-state index is 0.285. The number of hydrogen-bond acceptors (Lipinski definition) is 1. The van der Waals surface area contributed by atoms with E-state index in [4.69, 9.17) is 0 Å². The maximum absolute atomic E-state index is 14.1. The van der Waals surface area contributed by atoms with Crippen LogP contribution in [-0.4, -0.2) is 24.5 Å². The molecule has 164 valence electrons. The van der Waals surface area contributed by atoms with Crippen molar-refractivity contribution >= 4 is 17.3 Å². The number of anilines is 2. The number of amides is 1. The zero-order chi connectivity index (χ0) is 21.0. The van der Waals surface area contributed by atoms with Crippen LogP contribution >= 0.6 is 0 Å². The van der Waals surface area contributed by atoms with Crippen molar-refractivity contribution in [3.05, 3.63) is 59.7 Å². The Hall–Kier alpha value is -2.13. The molecule has 0 unspecified atom stereocenters. The van der Waals surface area contributed by atoms with Crippen molar-refractivity contribution < 1.29 is 9.69 Å². The molecule has 31 heavy (non-hydrogen) atoms. The van der Waals surface area contributed by atoms with Crippen LogP contribution in [0.25, 0.3) is 0 Å². The van der Waals surface area contributed by atoms with Gasteiger partial charge in [-0.15, -0.1) is 0 Å². The van der Waals surface area contributed by atoms with Gasteiger partial charge < -0.3 is 4.90 Å². The van der Waals surface area contributed by atoms with Crippen LogP contribution in [0.3, 0.4) is 0 Å². The van der Waals surface area contributed by atoms with E-state index < -0.39 is 0 Å². The first-order valence-corrected chi connectivity index (χ1v) is 12.7. The molecule has 2 aliphatic carbocycles. The molecule has 3 nitrogen and oxygen atoms in total. The number of nitrogens with zero attached hydrogens (tertiary/aromatic N) is 1. The molecule has 3 heteroatoms. The second-order valence-electron chi connectivity index (χ2n) is 9.91. The highest BCUT2D eigenvalue weighted by Gasteiger charge is 2.36. The summed E-state index contributed by atoms with van der Waals surface area (Å²) in [5.41, 5.74) is 4.79. The van der Waals surface area contributed by atoms with E-state index in [-0.39, 0.29) is 5.91 Å². The number of rotatable bonds is 4. The first-order valence-electron chi connectivity index (χ1n) is 12.7. The largest absolute Gasteiger partial charge is 0.322 e. The van der Waals surface area contributed by atoms with Gasteiger partial charge in [0.2, 0.25) is 0 Å². The van der Waals surface area contributed by atoms with Crippen molar-refractivity contribution in [1.82, 2.24) is 0 Å². The highest BCUT2D eigenvalue weighted by Crippen LogP contribution is 2.36. The monoisotopic (exact) mass is 417 g/mol. The van der Waals surface area contributed by atoms with Crippen LogP contribution in [0.4, 0.5) is 11.4 Å². The van der Waals surface area contributed by atoms with Gasteiger partial charge in [0, 0.05) is 0 Å². The standard InChI is InChI=1S/C28H36N2O/c31-28(21-29(24-13-3-1-4-14-24)25-15-5-2-6-16-25)30-26-17-9-7-11-22(26)19-20-23-12-8-10-18-27(23)30/h7-12,17-18,24-25H,1-6,13-16,19-21H2/p+1. The topological polar surface area (TPSA) is 24.8 Å². The Morgan fingerprint density at radius 2 is 1.16 bits per heavy atom. The summed E-state index contributed by atoms with van der Waals surface area (Å²) in [5.74, 6) is 0.285. The summed E-state index contributed by atoms with van der Waals surface area (Å²) in [5, 5.41) is 0. The summed E-state index contributed by atoms with van der Waals surface area (Å²) in [6.07, 6.45) is 15.3. The number of fused-ring (bicyclic) bond motifs is 2. The van der Waals surface area contributed by atoms with Crippen LogP contribution in [-0.2, 0) is 17.6 Å². The lowest BCUT2D eigenvalue weighted by Crippen LogP contribution is -3.20. The minimum absolute atomic E-state index is 0.285. The second kappa shape index (κ2) is 9.56. The van der Waals surface area contributed by atoms with Crippen LogP contribution in [0.15, 0.2) is 48.5 Å². The molecule has 0 radical (unpaired) electrons. The van der Waals surface area contributed by atoms with Crippen LogP contribution in [0.2, 0.25) is 0 Å². The highest BCUT2D eigenvalue weighted by atomic mass is 16.2. The fourth-order valence-corrected chi connectivity index (χ4v) is 6.37. The Bertz CT molecular complexity index is 830. The van der Waals surface area contributed by atoms with Gasteiger partial charge in [-0.3, -0.25) is 9.69 Å². The molecule has 1 amide bonds. The Balaban J connectivity index is 1.47. The minimum Gasteiger partial charge on any atom is -0.322 e. The zero-order valence-electron chi connectivity index (χ0n) is 18.8. The van der Waals surface area contributed by atoms with E-state index in [9.17, 15) is 4.79 Å². The number of nitrogens with one attached hydrogen (secondary N) is 1. The maximum atomic E-state index is 14.1. The van der Waals surface area contributed by atoms with E-state index >= 15 is 0 Å². The number of carbonyl (C=O) groups is 1. The second-order valence-corrected chi connectivity index (χ2v) is 9.91. The third kappa shape index (κ3) is 4.43. The van der Waals surface area contributed by atoms with Crippen molar-refractivity contribution in [2.45, 2.75) is 89.1 Å². The number of para-hydroxylation sites is 2. The Morgan fingerprint density at radius 1 is 0.710 bits per heavy atom. The van der Waals surface area contributed by atoms with E-state index in [1.807, 2.05) is 0 Å². The van der Waals surface area contributed by atoms with Crippen molar-refractivity contribution in [3.8, 4) is 0 Å².